The first-order valence-corrected chi connectivity index (χ1v) is 17.3. The number of nitrogens with one attached hydrogen (secondary N) is 1. The molecule has 0 bridgehead atoms. The Morgan fingerprint density at radius 3 is 2.33 bits per heavy atom. The highest BCUT2D eigenvalue weighted by Gasteiger charge is 2.32. The number of unbranched alkanes of at least 4 members (excludes halogenated alkanes) is 2. The normalized spacial score (nSPS) is 15.9. The molecule has 268 valence electrons. The fourth-order valence-electron chi connectivity index (χ4n) is 5.86. The van der Waals surface area contributed by atoms with E-state index in [0.29, 0.717) is 43.9 Å². The lowest BCUT2D eigenvalue weighted by Gasteiger charge is -2.36. The van der Waals surface area contributed by atoms with E-state index in [-0.39, 0.29) is 44.8 Å². The fourth-order valence-corrected chi connectivity index (χ4v) is 5.86. The van der Waals surface area contributed by atoms with E-state index < -0.39 is 29.9 Å². The molecule has 2 aromatic rings. The number of rotatable bonds is 17. The molecule has 2 aliphatic heterocycles. The number of carboxylic acids is 1. The molecule has 2 N–H and O–H groups in total. The maximum absolute atomic E-state index is 13.7. The van der Waals surface area contributed by atoms with Gasteiger partial charge < -0.3 is 39.3 Å². The molecule has 1 aromatic heterocycles. The van der Waals surface area contributed by atoms with Crippen LogP contribution in [0.25, 0.3) is 11.3 Å². The lowest BCUT2D eigenvalue weighted by molar-refractivity contribution is -0.138. The predicted molar refractivity (Wildman–Crippen MR) is 182 cm³/mol. The number of aromatic nitrogens is 2. The van der Waals surface area contributed by atoms with Gasteiger partial charge in [0.25, 0.3) is 5.91 Å². The second-order valence-electron chi connectivity index (χ2n) is 12.4. The second-order valence-corrected chi connectivity index (χ2v) is 12.4. The summed E-state index contributed by atoms with van der Waals surface area (Å²) in [6, 6.07) is 10.2. The van der Waals surface area contributed by atoms with E-state index >= 15 is 0 Å². The first kappa shape index (κ1) is 37.5. The number of ether oxygens (including phenoxy) is 3. The molecule has 49 heavy (non-hydrogen) atoms. The van der Waals surface area contributed by atoms with Crippen LogP contribution in [-0.2, 0) is 23.8 Å². The second kappa shape index (κ2) is 19.6. The lowest BCUT2D eigenvalue weighted by Crippen LogP contribution is -2.56. The molecular weight excluding hydrogens is 632 g/mol. The Hall–Kier alpha value is -4.30. The molecule has 2 aliphatic rings. The summed E-state index contributed by atoms with van der Waals surface area (Å²) in [5.41, 5.74) is 1.37. The number of methoxy groups -OCH3 is 1. The Morgan fingerprint density at radius 2 is 1.65 bits per heavy atom. The Balaban J connectivity index is 1.45. The van der Waals surface area contributed by atoms with Gasteiger partial charge in [0.1, 0.15) is 11.9 Å². The van der Waals surface area contributed by atoms with E-state index in [1.165, 1.54) is 0 Å². The van der Waals surface area contributed by atoms with Gasteiger partial charge in [-0.3, -0.25) is 14.4 Å². The third-order valence-electron chi connectivity index (χ3n) is 8.78. The summed E-state index contributed by atoms with van der Waals surface area (Å²) in [6.07, 6.45) is 3.76. The van der Waals surface area contributed by atoms with Crippen LogP contribution in [0.2, 0.25) is 0 Å². The molecule has 1 aromatic carbocycles. The Bertz CT molecular complexity index is 1360. The highest BCUT2D eigenvalue weighted by atomic mass is 16.6. The van der Waals surface area contributed by atoms with Crippen LogP contribution in [0.5, 0.6) is 0 Å². The summed E-state index contributed by atoms with van der Waals surface area (Å²) in [6.45, 7) is 6.68. The van der Waals surface area contributed by atoms with Gasteiger partial charge in [-0.05, 0) is 31.6 Å². The minimum Gasteiger partial charge on any atom is -0.481 e. The smallest absolute Gasteiger partial charge is 0.409 e. The number of aliphatic carboxylic acids is 1. The van der Waals surface area contributed by atoms with Crippen LogP contribution in [0.15, 0.2) is 36.4 Å². The van der Waals surface area contributed by atoms with E-state index in [9.17, 15) is 24.3 Å². The standard InChI is InChI=1S/C35H50N6O8/c1-3-4-8-21-49-35(46)41-19-17-40(18-20-41)34(45)28(11-12-31(42)43)37-33(44)32-36-29(27-9-6-5-7-10-27)24-30(38-32)39-15-13-26(14-16-39)25-48-23-22-47-2/h5-7,9-10,24,26,28H,3-4,8,11-23,25H2,1-2H3,(H,37,44)(H,42,43)/t28-/m0/s1. The number of amides is 3. The molecule has 0 unspecified atom stereocenters. The molecule has 14 nitrogen and oxygen atoms in total. The van der Waals surface area contributed by atoms with Crippen LogP contribution in [0.3, 0.4) is 0 Å². The molecule has 1 atom stereocenters. The van der Waals surface area contributed by atoms with Crippen LogP contribution >= 0.6 is 0 Å². The first-order valence-electron chi connectivity index (χ1n) is 17.3. The van der Waals surface area contributed by atoms with Crippen molar-refractivity contribution in [2.24, 2.45) is 5.92 Å². The molecule has 0 spiro atoms. The van der Waals surface area contributed by atoms with Crippen molar-refractivity contribution in [1.82, 2.24) is 25.1 Å². The van der Waals surface area contributed by atoms with Crippen LogP contribution in [-0.4, -0.2) is 128 Å². The van der Waals surface area contributed by atoms with Crippen molar-refractivity contribution in [2.45, 2.75) is 57.9 Å². The monoisotopic (exact) mass is 682 g/mol. The third kappa shape index (κ3) is 11.7. The Kier molecular flexibility index (Phi) is 15.0. The number of benzene rings is 1. The SMILES string of the molecule is CCCCCOC(=O)N1CCN(C(=O)[C@H](CCC(=O)O)NC(=O)c2nc(-c3ccccc3)cc(N3CCC(COCCOC)CC3)n2)CC1. The van der Waals surface area contributed by atoms with E-state index in [1.54, 1.807) is 16.9 Å². The Morgan fingerprint density at radius 1 is 0.939 bits per heavy atom. The highest BCUT2D eigenvalue weighted by Crippen LogP contribution is 2.26. The molecule has 0 radical (unpaired) electrons. The number of hydrogen-bond donors (Lipinski definition) is 2. The van der Waals surface area contributed by atoms with Crippen molar-refractivity contribution in [1.29, 1.82) is 0 Å². The van der Waals surface area contributed by atoms with Gasteiger partial charge >= 0.3 is 12.1 Å². The zero-order chi connectivity index (χ0) is 35.0. The number of piperazine rings is 1. The summed E-state index contributed by atoms with van der Waals surface area (Å²) in [4.78, 5) is 65.8. The number of anilines is 1. The van der Waals surface area contributed by atoms with Gasteiger partial charge in [0.05, 0.1) is 25.5 Å². The van der Waals surface area contributed by atoms with Gasteiger partial charge in [0.2, 0.25) is 11.7 Å². The van der Waals surface area contributed by atoms with Crippen LogP contribution in [0, 0.1) is 5.92 Å². The Labute approximate surface area is 288 Å². The summed E-state index contributed by atoms with van der Waals surface area (Å²) in [5.74, 6) is -1.27. The summed E-state index contributed by atoms with van der Waals surface area (Å²) < 4.78 is 16.2. The first-order chi connectivity index (χ1) is 23.8. The molecule has 4 rings (SSSR count). The van der Waals surface area contributed by atoms with E-state index in [4.69, 9.17) is 14.2 Å². The number of carbonyl (C=O) groups is 4. The van der Waals surface area contributed by atoms with Crippen molar-refractivity contribution < 1.29 is 38.5 Å². The van der Waals surface area contributed by atoms with Crippen LogP contribution in [0.4, 0.5) is 10.6 Å². The topological polar surface area (TPSA) is 164 Å². The predicted octanol–water partition coefficient (Wildman–Crippen LogP) is 3.46. The van der Waals surface area contributed by atoms with Gasteiger partial charge in [-0.1, -0.05) is 50.1 Å². The number of nitrogens with zero attached hydrogens (tertiary/aromatic N) is 5. The fraction of sp³-hybridized carbons (Fsp3) is 0.600. The maximum atomic E-state index is 13.7. The molecular formula is C35H50N6O8. The molecule has 3 amide bonds. The van der Waals surface area contributed by atoms with Crippen molar-refractivity contribution in [3.63, 3.8) is 0 Å². The summed E-state index contributed by atoms with van der Waals surface area (Å²) in [5, 5.41) is 12.1. The molecule has 2 fully saturated rings. The van der Waals surface area contributed by atoms with Crippen molar-refractivity contribution in [3.8, 4) is 11.3 Å². The largest absolute Gasteiger partial charge is 0.481 e. The zero-order valence-corrected chi connectivity index (χ0v) is 28.7. The lowest BCUT2D eigenvalue weighted by atomic mass is 9.98. The number of carbonyl (C=O) groups excluding carboxylic acids is 3. The zero-order valence-electron chi connectivity index (χ0n) is 28.7. The van der Waals surface area contributed by atoms with Gasteiger partial charge in [-0.25, -0.2) is 14.8 Å². The molecule has 3 heterocycles. The molecule has 0 saturated carbocycles. The minimum absolute atomic E-state index is 0.106. The number of hydrogen-bond acceptors (Lipinski definition) is 10. The number of piperidine rings is 1. The number of carboxylic acid groups (broad SMARTS) is 1. The minimum atomic E-state index is -1.11. The quantitative estimate of drug-likeness (QED) is 0.235. The van der Waals surface area contributed by atoms with Gasteiger partial charge in [0, 0.05) is 71.0 Å². The van der Waals surface area contributed by atoms with Gasteiger partial charge in [-0.15, -0.1) is 0 Å². The average molecular weight is 683 g/mol. The highest BCUT2D eigenvalue weighted by molar-refractivity contribution is 5.95. The van der Waals surface area contributed by atoms with Crippen molar-refractivity contribution in [3.05, 3.63) is 42.2 Å². The van der Waals surface area contributed by atoms with Gasteiger partial charge in [-0.2, -0.15) is 0 Å². The summed E-state index contributed by atoms with van der Waals surface area (Å²) >= 11 is 0. The maximum Gasteiger partial charge on any atom is 0.409 e. The van der Waals surface area contributed by atoms with E-state index in [0.717, 1.165) is 50.8 Å². The molecule has 0 aliphatic carbocycles. The molecule has 2 saturated heterocycles. The van der Waals surface area contributed by atoms with Gasteiger partial charge in [0.15, 0.2) is 0 Å². The van der Waals surface area contributed by atoms with Crippen molar-refractivity contribution >= 4 is 29.7 Å². The molecule has 14 heteroatoms. The van der Waals surface area contributed by atoms with E-state index in [2.05, 4.69) is 27.1 Å². The summed E-state index contributed by atoms with van der Waals surface area (Å²) in [7, 11) is 1.65. The van der Waals surface area contributed by atoms with E-state index in [1.807, 2.05) is 36.4 Å². The van der Waals surface area contributed by atoms with Crippen LogP contribution in [0.1, 0.15) is 62.5 Å². The van der Waals surface area contributed by atoms with Crippen LogP contribution < -0.4 is 10.2 Å². The van der Waals surface area contributed by atoms with Crippen molar-refractivity contribution in [2.75, 3.05) is 77.7 Å². The third-order valence-corrected chi connectivity index (χ3v) is 8.78. The average Bonchev–Trinajstić information content (AvgIpc) is 3.13.